The number of benzene rings is 2. The third-order valence-corrected chi connectivity index (χ3v) is 5.84. The van der Waals surface area contributed by atoms with Crippen LogP contribution in [-0.4, -0.2) is 61.6 Å². The van der Waals surface area contributed by atoms with Crippen molar-refractivity contribution in [1.82, 2.24) is 9.80 Å². The largest absolute Gasteiger partial charge is 0.456 e. The van der Waals surface area contributed by atoms with Crippen molar-refractivity contribution in [2.24, 2.45) is 0 Å². The molecule has 0 aliphatic heterocycles. The van der Waals surface area contributed by atoms with Crippen molar-refractivity contribution in [2.75, 3.05) is 28.2 Å². The number of carbonyl (C=O) groups excluding carboxylic acids is 2. The summed E-state index contributed by atoms with van der Waals surface area (Å²) in [5.74, 6) is 0.217. The Morgan fingerprint density at radius 1 is 0.759 bits per heavy atom. The topological polar surface area (TPSA) is 53.8 Å². The van der Waals surface area contributed by atoms with Gasteiger partial charge in [0.2, 0.25) is 0 Å². The molecule has 1 aromatic heterocycles. The molecule has 0 saturated carbocycles. The highest BCUT2D eigenvalue weighted by Gasteiger charge is 2.17. The van der Waals surface area contributed by atoms with Gasteiger partial charge < -0.3 is 14.2 Å². The standard InChI is InChI=1S/C24H30N2O3/c1-15(25(3)4)11-21(27)17-8-10-23-20(13-17)19-9-7-18(14-24(19)29-23)22(28)12-16(2)26(5)6/h7-10,13-16H,11-12H2,1-6H3. The first-order valence-electron chi connectivity index (χ1n) is 10.0. The molecular formula is C24H30N2O3. The molecule has 0 bridgehead atoms. The van der Waals surface area contributed by atoms with Crippen LogP contribution in [-0.2, 0) is 0 Å². The molecule has 0 radical (unpaired) electrons. The number of carbonyl (C=O) groups is 2. The van der Waals surface area contributed by atoms with E-state index in [4.69, 9.17) is 4.42 Å². The van der Waals surface area contributed by atoms with Crippen LogP contribution < -0.4 is 0 Å². The number of nitrogens with zero attached hydrogens (tertiary/aromatic N) is 2. The minimum atomic E-state index is 0.0992. The lowest BCUT2D eigenvalue weighted by molar-refractivity contribution is 0.0942. The van der Waals surface area contributed by atoms with Crippen LogP contribution >= 0.6 is 0 Å². The highest BCUT2D eigenvalue weighted by molar-refractivity contribution is 6.10. The van der Waals surface area contributed by atoms with E-state index in [1.807, 2.05) is 88.2 Å². The van der Waals surface area contributed by atoms with E-state index < -0.39 is 0 Å². The van der Waals surface area contributed by atoms with Gasteiger partial charge in [0, 0.05) is 46.8 Å². The second-order valence-corrected chi connectivity index (χ2v) is 8.40. The van der Waals surface area contributed by atoms with Crippen LogP contribution in [0.3, 0.4) is 0 Å². The summed E-state index contributed by atoms with van der Waals surface area (Å²) in [6.07, 6.45) is 0.929. The van der Waals surface area contributed by atoms with E-state index in [-0.39, 0.29) is 23.7 Å². The zero-order chi connectivity index (χ0) is 21.3. The molecule has 5 heteroatoms. The van der Waals surface area contributed by atoms with E-state index >= 15 is 0 Å². The van der Waals surface area contributed by atoms with Gasteiger partial charge in [-0.15, -0.1) is 0 Å². The molecule has 0 amide bonds. The van der Waals surface area contributed by atoms with Crippen molar-refractivity contribution in [1.29, 1.82) is 0 Å². The van der Waals surface area contributed by atoms with E-state index in [0.29, 0.717) is 29.6 Å². The molecule has 0 N–H and O–H groups in total. The van der Waals surface area contributed by atoms with Gasteiger partial charge in [0.15, 0.2) is 11.6 Å². The average Bonchev–Trinajstić information content (AvgIpc) is 3.04. The second-order valence-electron chi connectivity index (χ2n) is 8.40. The van der Waals surface area contributed by atoms with E-state index in [0.717, 1.165) is 16.4 Å². The van der Waals surface area contributed by atoms with Gasteiger partial charge in [-0.25, -0.2) is 0 Å². The first-order chi connectivity index (χ1) is 13.7. The molecule has 0 aliphatic rings. The molecule has 5 nitrogen and oxygen atoms in total. The van der Waals surface area contributed by atoms with Gasteiger partial charge in [-0.05, 0) is 72.4 Å². The fraction of sp³-hybridized carbons (Fsp3) is 0.417. The summed E-state index contributed by atoms with van der Waals surface area (Å²) < 4.78 is 5.97. The van der Waals surface area contributed by atoms with E-state index in [9.17, 15) is 9.59 Å². The third kappa shape index (κ3) is 4.57. The van der Waals surface area contributed by atoms with Gasteiger partial charge in [0.05, 0.1) is 0 Å². The summed E-state index contributed by atoms with van der Waals surface area (Å²) in [4.78, 5) is 29.3. The molecule has 1 heterocycles. The van der Waals surface area contributed by atoms with Crippen LogP contribution in [0.5, 0.6) is 0 Å². The Kier molecular flexibility index (Phi) is 6.20. The fourth-order valence-electron chi connectivity index (χ4n) is 3.26. The van der Waals surface area contributed by atoms with Crippen molar-refractivity contribution in [3.63, 3.8) is 0 Å². The first kappa shape index (κ1) is 21.2. The molecule has 29 heavy (non-hydrogen) atoms. The Hall–Kier alpha value is -2.50. The first-order valence-corrected chi connectivity index (χ1v) is 10.0. The minimum Gasteiger partial charge on any atom is -0.456 e. The van der Waals surface area contributed by atoms with Crippen molar-refractivity contribution < 1.29 is 14.0 Å². The van der Waals surface area contributed by atoms with Gasteiger partial charge >= 0.3 is 0 Å². The maximum atomic E-state index is 12.7. The predicted octanol–water partition coefficient (Wildman–Crippen LogP) is 4.63. The number of Topliss-reactive ketones (excluding diaryl/α,β-unsaturated/α-hetero) is 2. The van der Waals surface area contributed by atoms with Gasteiger partial charge in [0.1, 0.15) is 11.2 Å². The maximum absolute atomic E-state index is 12.7. The van der Waals surface area contributed by atoms with Crippen LogP contribution in [0, 0.1) is 0 Å². The van der Waals surface area contributed by atoms with Gasteiger partial charge in [-0.3, -0.25) is 9.59 Å². The molecule has 0 saturated heterocycles. The summed E-state index contributed by atoms with van der Waals surface area (Å²) in [5, 5.41) is 1.83. The summed E-state index contributed by atoms with van der Waals surface area (Å²) >= 11 is 0. The van der Waals surface area contributed by atoms with Gasteiger partial charge in [0.25, 0.3) is 0 Å². The minimum absolute atomic E-state index is 0.0992. The van der Waals surface area contributed by atoms with Crippen LogP contribution in [0.4, 0.5) is 0 Å². The lowest BCUT2D eigenvalue weighted by Gasteiger charge is -2.18. The molecule has 2 atom stereocenters. The van der Waals surface area contributed by atoms with Crippen molar-refractivity contribution >= 4 is 33.5 Å². The van der Waals surface area contributed by atoms with Gasteiger partial charge in [-0.1, -0.05) is 6.07 Å². The van der Waals surface area contributed by atoms with Crippen LogP contribution in [0.15, 0.2) is 40.8 Å². The number of fused-ring (bicyclic) bond motifs is 3. The average molecular weight is 395 g/mol. The quantitative estimate of drug-likeness (QED) is 0.521. The lowest BCUT2D eigenvalue weighted by Crippen LogP contribution is -2.27. The summed E-state index contributed by atoms with van der Waals surface area (Å²) in [7, 11) is 7.89. The number of ketones is 2. The molecule has 0 fully saturated rings. The molecule has 0 spiro atoms. The van der Waals surface area contributed by atoms with E-state index in [1.165, 1.54) is 0 Å². The van der Waals surface area contributed by atoms with Crippen molar-refractivity contribution in [3.05, 3.63) is 47.5 Å². The number of furan rings is 1. The zero-order valence-electron chi connectivity index (χ0n) is 18.2. The second kappa shape index (κ2) is 8.47. The number of rotatable bonds is 8. The molecule has 154 valence electrons. The van der Waals surface area contributed by atoms with Crippen LogP contribution in [0.25, 0.3) is 21.9 Å². The van der Waals surface area contributed by atoms with E-state index in [2.05, 4.69) is 0 Å². The summed E-state index contributed by atoms with van der Waals surface area (Å²) in [5.41, 5.74) is 2.74. The van der Waals surface area contributed by atoms with E-state index in [1.54, 1.807) is 0 Å². The molecule has 2 aromatic carbocycles. The Morgan fingerprint density at radius 2 is 1.28 bits per heavy atom. The number of hydrogen-bond acceptors (Lipinski definition) is 5. The Balaban J connectivity index is 1.91. The highest BCUT2D eigenvalue weighted by Crippen LogP contribution is 2.31. The molecule has 3 aromatic rings. The molecule has 0 aliphatic carbocycles. The molecule has 3 rings (SSSR count). The Bertz CT molecular complexity index is 1050. The highest BCUT2D eigenvalue weighted by atomic mass is 16.3. The number of hydrogen-bond donors (Lipinski definition) is 0. The SMILES string of the molecule is CC(CC(=O)c1ccc2c(c1)oc1ccc(C(=O)CC(C)N(C)C)cc12)N(C)C. The van der Waals surface area contributed by atoms with Crippen molar-refractivity contribution in [3.8, 4) is 0 Å². The zero-order valence-corrected chi connectivity index (χ0v) is 18.2. The van der Waals surface area contributed by atoms with Crippen LogP contribution in [0.2, 0.25) is 0 Å². The summed E-state index contributed by atoms with van der Waals surface area (Å²) in [6.45, 7) is 4.08. The van der Waals surface area contributed by atoms with Gasteiger partial charge in [-0.2, -0.15) is 0 Å². The fourth-order valence-corrected chi connectivity index (χ4v) is 3.26. The Morgan fingerprint density at radius 3 is 1.83 bits per heavy atom. The third-order valence-electron chi connectivity index (χ3n) is 5.84. The summed E-state index contributed by atoms with van der Waals surface area (Å²) in [6, 6.07) is 11.5. The maximum Gasteiger partial charge on any atom is 0.164 e. The lowest BCUT2D eigenvalue weighted by atomic mass is 10.00. The molecule has 2 unspecified atom stereocenters. The normalized spacial score (nSPS) is 14.1. The smallest absolute Gasteiger partial charge is 0.164 e. The van der Waals surface area contributed by atoms with Crippen molar-refractivity contribution in [2.45, 2.75) is 38.8 Å². The Labute approximate surface area is 172 Å². The predicted molar refractivity (Wildman–Crippen MR) is 118 cm³/mol. The van der Waals surface area contributed by atoms with Crippen LogP contribution in [0.1, 0.15) is 47.4 Å². The monoisotopic (exact) mass is 394 g/mol. The molecular weight excluding hydrogens is 364 g/mol.